The maximum absolute atomic E-state index is 12.3. The largest absolute Gasteiger partial charge is 0.456 e. The molecule has 1 N–H and O–H groups in total. The van der Waals surface area contributed by atoms with Crippen molar-refractivity contribution >= 4 is 17.9 Å². The molecule has 122 valence electrons. The van der Waals surface area contributed by atoms with Crippen LogP contribution in [0.5, 0.6) is 0 Å². The molecule has 0 bridgehead atoms. The fraction of sp³-hybridized carbons (Fsp3) is 0.556. The predicted molar refractivity (Wildman–Crippen MR) is 89.2 cm³/mol. The van der Waals surface area contributed by atoms with E-state index in [0.29, 0.717) is 17.9 Å². The Labute approximate surface area is 133 Å². The number of carbonyl (C=O) groups excluding carboxylic acids is 2. The molecule has 0 fully saturated rings. The first-order valence-corrected chi connectivity index (χ1v) is 7.83. The van der Waals surface area contributed by atoms with Gasteiger partial charge in [0.15, 0.2) is 0 Å². The molecule has 22 heavy (non-hydrogen) atoms. The van der Waals surface area contributed by atoms with Crippen molar-refractivity contribution in [2.45, 2.75) is 52.1 Å². The zero-order valence-electron chi connectivity index (χ0n) is 14.0. The van der Waals surface area contributed by atoms with Gasteiger partial charge >= 0.3 is 5.97 Å². The topological polar surface area (TPSA) is 55.4 Å². The molecule has 0 spiro atoms. The van der Waals surface area contributed by atoms with E-state index in [4.69, 9.17) is 4.74 Å². The summed E-state index contributed by atoms with van der Waals surface area (Å²) in [5.41, 5.74) is 0.800. The summed E-state index contributed by atoms with van der Waals surface area (Å²) in [5.74, 6) is 0.0740. The van der Waals surface area contributed by atoms with Crippen molar-refractivity contribution in [3.63, 3.8) is 0 Å². The summed E-state index contributed by atoms with van der Waals surface area (Å²) < 4.78 is 5.66. The van der Waals surface area contributed by atoms with Crippen molar-refractivity contribution in [2.24, 2.45) is 5.92 Å². The molecule has 0 radical (unpaired) electrons. The highest BCUT2D eigenvalue weighted by molar-refractivity contribution is 5.95. The Hall–Kier alpha value is -1.84. The molecule has 1 atom stereocenters. The lowest BCUT2D eigenvalue weighted by Crippen LogP contribution is -2.28. The molecule has 0 aliphatic carbocycles. The van der Waals surface area contributed by atoms with Crippen LogP contribution in [0.3, 0.4) is 0 Å². The molecule has 0 amide bonds. The van der Waals surface area contributed by atoms with Gasteiger partial charge in [-0.15, -0.1) is 0 Å². The first kappa shape index (κ1) is 18.2. The Morgan fingerprint density at radius 2 is 2.05 bits per heavy atom. The van der Waals surface area contributed by atoms with E-state index < -0.39 is 5.60 Å². The van der Waals surface area contributed by atoms with Gasteiger partial charge in [0.05, 0.1) is 5.56 Å². The summed E-state index contributed by atoms with van der Waals surface area (Å²) in [6, 6.07) is 7.31. The van der Waals surface area contributed by atoms with E-state index in [0.717, 1.165) is 31.2 Å². The summed E-state index contributed by atoms with van der Waals surface area (Å²) in [6.45, 7) is 5.92. The van der Waals surface area contributed by atoms with Crippen LogP contribution in [0.15, 0.2) is 24.3 Å². The number of anilines is 1. The zero-order chi connectivity index (χ0) is 16.6. The van der Waals surface area contributed by atoms with E-state index in [1.807, 2.05) is 32.0 Å². The Bertz CT molecular complexity index is 497. The SMILES string of the molecule is CNc1ccccc1C(=O)OC(C)(C)CCCC(C)CC=O. The van der Waals surface area contributed by atoms with Gasteiger partial charge in [0.2, 0.25) is 0 Å². The summed E-state index contributed by atoms with van der Waals surface area (Å²) in [7, 11) is 1.78. The third kappa shape index (κ3) is 5.88. The number of para-hydroxylation sites is 1. The summed E-state index contributed by atoms with van der Waals surface area (Å²) in [6.07, 6.45) is 4.24. The summed E-state index contributed by atoms with van der Waals surface area (Å²) in [4.78, 5) is 22.8. The third-order valence-electron chi connectivity index (χ3n) is 3.76. The second-order valence-corrected chi connectivity index (χ2v) is 6.34. The highest BCUT2D eigenvalue weighted by Gasteiger charge is 2.24. The monoisotopic (exact) mass is 305 g/mol. The number of nitrogens with one attached hydrogen (secondary N) is 1. The second-order valence-electron chi connectivity index (χ2n) is 6.34. The molecule has 0 heterocycles. The van der Waals surface area contributed by atoms with Crippen molar-refractivity contribution in [3.05, 3.63) is 29.8 Å². The lowest BCUT2D eigenvalue weighted by molar-refractivity contribution is -0.108. The molecule has 1 aromatic rings. The summed E-state index contributed by atoms with van der Waals surface area (Å²) in [5, 5.41) is 3.00. The molecule has 1 rings (SSSR count). The quantitative estimate of drug-likeness (QED) is 0.552. The van der Waals surface area contributed by atoms with Gasteiger partial charge in [-0.25, -0.2) is 4.79 Å². The lowest BCUT2D eigenvalue weighted by Gasteiger charge is -2.26. The van der Waals surface area contributed by atoms with Crippen molar-refractivity contribution in [3.8, 4) is 0 Å². The van der Waals surface area contributed by atoms with Gasteiger partial charge in [0, 0.05) is 19.2 Å². The van der Waals surface area contributed by atoms with Crippen LogP contribution in [0, 0.1) is 5.92 Å². The van der Waals surface area contributed by atoms with Crippen LogP contribution in [-0.4, -0.2) is 24.9 Å². The lowest BCUT2D eigenvalue weighted by atomic mass is 9.95. The van der Waals surface area contributed by atoms with Gasteiger partial charge in [-0.3, -0.25) is 0 Å². The van der Waals surface area contributed by atoms with Gasteiger partial charge in [0.1, 0.15) is 11.9 Å². The molecule has 0 saturated heterocycles. The van der Waals surface area contributed by atoms with E-state index in [-0.39, 0.29) is 5.97 Å². The van der Waals surface area contributed by atoms with E-state index >= 15 is 0 Å². The fourth-order valence-corrected chi connectivity index (χ4v) is 2.39. The van der Waals surface area contributed by atoms with Gasteiger partial charge in [0.25, 0.3) is 0 Å². The van der Waals surface area contributed by atoms with Crippen LogP contribution < -0.4 is 5.32 Å². The zero-order valence-corrected chi connectivity index (χ0v) is 14.0. The Kier molecular flexibility index (Phi) is 7.09. The van der Waals surface area contributed by atoms with Crippen LogP contribution >= 0.6 is 0 Å². The number of hydrogen-bond donors (Lipinski definition) is 1. The molecule has 0 aromatic heterocycles. The molecule has 0 aliphatic heterocycles. The molecule has 1 unspecified atom stereocenters. The van der Waals surface area contributed by atoms with Crippen molar-refractivity contribution in [2.75, 3.05) is 12.4 Å². The maximum Gasteiger partial charge on any atom is 0.340 e. The Morgan fingerprint density at radius 3 is 2.68 bits per heavy atom. The van der Waals surface area contributed by atoms with Crippen LogP contribution in [0.25, 0.3) is 0 Å². The Balaban J connectivity index is 2.56. The minimum atomic E-state index is -0.515. The highest BCUT2D eigenvalue weighted by atomic mass is 16.6. The van der Waals surface area contributed by atoms with Crippen LogP contribution in [0.1, 0.15) is 56.8 Å². The minimum absolute atomic E-state index is 0.309. The molecule has 4 heteroatoms. The van der Waals surface area contributed by atoms with E-state index in [9.17, 15) is 9.59 Å². The normalized spacial score (nSPS) is 12.5. The molecule has 0 saturated carbocycles. The molecule has 4 nitrogen and oxygen atoms in total. The van der Waals surface area contributed by atoms with E-state index in [1.165, 1.54) is 0 Å². The molecular formula is C18H27NO3. The maximum atomic E-state index is 12.3. The number of hydrogen-bond acceptors (Lipinski definition) is 4. The van der Waals surface area contributed by atoms with Crippen molar-refractivity contribution in [1.82, 2.24) is 0 Å². The minimum Gasteiger partial charge on any atom is -0.456 e. The number of esters is 1. The molecule has 1 aromatic carbocycles. The van der Waals surface area contributed by atoms with E-state index in [2.05, 4.69) is 12.2 Å². The standard InChI is InChI=1S/C18H27NO3/c1-14(11-13-20)8-7-12-18(2,3)22-17(21)15-9-5-6-10-16(15)19-4/h5-6,9-10,13-14,19H,7-8,11-12H2,1-4H3. The average Bonchev–Trinajstić information content (AvgIpc) is 2.46. The second kappa shape index (κ2) is 8.57. The third-order valence-corrected chi connectivity index (χ3v) is 3.76. The number of ether oxygens (including phenoxy) is 1. The van der Waals surface area contributed by atoms with Crippen LogP contribution in [0.4, 0.5) is 5.69 Å². The van der Waals surface area contributed by atoms with Gasteiger partial charge in [-0.1, -0.05) is 25.5 Å². The van der Waals surface area contributed by atoms with Crippen LogP contribution in [0.2, 0.25) is 0 Å². The number of aldehydes is 1. The molecular weight excluding hydrogens is 278 g/mol. The van der Waals surface area contributed by atoms with Crippen LogP contribution in [-0.2, 0) is 9.53 Å². The molecule has 0 aliphatic rings. The predicted octanol–water partition coefficient (Wildman–Crippen LogP) is 4.06. The highest BCUT2D eigenvalue weighted by Crippen LogP contribution is 2.24. The number of carbonyl (C=O) groups is 2. The average molecular weight is 305 g/mol. The van der Waals surface area contributed by atoms with Crippen molar-refractivity contribution < 1.29 is 14.3 Å². The van der Waals surface area contributed by atoms with Crippen molar-refractivity contribution in [1.29, 1.82) is 0 Å². The fourth-order valence-electron chi connectivity index (χ4n) is 2.39. The first-order valence-electron chi connectivity index (χ1n) is 7.83. The van der Waals surface area contributed by atoms with Gasteiger partial charge < -0.3 is 14.8 Å². The Morgan fingerprint density at radius 1 is 1.36 bits per heavy atom. The summed E-state index contributed by atoms with van der Waals surface area (Å²) >= 11 is 0. The smallest absolute Gasteiger partial charge is 0.340 e. The van der Waals surface area contributed by atoms with Gasteiger partial charge in [-0.2, -0.15) is 0 Å². The van der Waals surface area contributed by atoms with E-state index in [1.54, 1.807) is 13.1 Å². The first-order chi connectivity index (χ1) is 10.4. The number of benzene rings is 1. The van der Waals surface area contributed by atoms with Gasteiger partial charge in [-0.05, 0) is 44.7 Å². The number of rotatable bonds is 9.